The maximum absolute atomic E-state index is 8.88. The standard InChI is InChI=1S/C12H24N2.H3O4P/c1-6-10-11(7-2)14(9-4)12(8-3)13(10)5;1-5(2,3)4/h12H,6-9H2,1-5H3;(H3,1,2,3,4). The quantitative estimate of drug-likeness (QED) is 0.689. The maximum Gasteiger partial charge on any atom is 0.466 e. The molecule has 0 amide bonds. The summed E-state index contributed by atoms with van der Waals surface area (Å²) in [6.45, 7) is 10.2. The summed E-state index contributed by atoms with van der Waals surface area (Å²) in [7, 11) is -2.40. The first kappa shape index (κ1) is 18.4. The summed E-state index contributed by atoms with van der Waals surface area (Å²) in [5.41, 5.74) is 3.10. The Kier molecular flexibility index (Phi) is 7.67. The third-order valence-electron chi connectivity index (χ3n) is 3.29. The molecule has 0 fully saturated rings. The van der Waals surface area contributed by atoms with Gasteiger partial charge in [-0.2, -0.15) is 0 Å². The number of allylic oxidation sites excluding steroid dienone is 2. The second-order valence-electron chi connectivity index (χ2n) is 4.40. The molecule has 0 radical (unpaired) electrons. The minimum atomic E-state index is -4.64. The van der Waals surface area contributed by atoms with E-state index >= 15 is 0 Å². The summed E-state index contributed by atoms with van der Waals surface area (Å²) < 4.78 is 8.88. The zero-order valence-electron chi connectivity index (χ0n) is 12.5. The fraction of sp³-hybridized carbons (Fsp3) is 0.833. The number of hydrogen-bond acceptors (Lipinski definition) is 3. The SMILES string of the molecule is CCC1=C(CC)N(CC)C(CC)N1C.O=P(O)(O)O. The van der Waals surface area contributed by atoms with Crippen molar-refractivity contribution in [3.63, 3.8) is 0 Å². The van der Waals surface area contributed by atoms with E-state index in [1.54, 1.807) is 11.4 Å². The van der Waals surface area contributed by atoms with Gasteiger partial charge in [-0.3, -0.25) is 0 Å². The van der Waals surface area contributed by atoms with Crippen LogP contribution in [-0.2, 0) is 4.57 Å². The van der Waals surface area contributed by atoms with E-state index in [2.05, 4.69) is 44.5 Å². The van der Waals surface area contributed by atoms with Crippen LogP contribution in [0.2, 0.25) is 0 Å². The molecule has 0 aromatic heterocycles. The van der Waals surface area contributed by atoms with Crippen molar-refractivity contribution in [1.29, 1.82) is 0 Å². The van der Waals surface area contributed by atoms with Gasteiger partial charge in [0, 0.05) is 25.0 Å². The predicted molar refractivity (Wildman–Crippen MR) is 76.1 cm³/mol. The van der Waals surface area contributed by atoms with Crippen LogP contribution in [-0.4, -0.2) is 44.2 Å². The lowest BCUT2D eigenvalue weighted by molar-refractivity contribution is 0.158. The van der Waals surface area contributed by atoms with E-state index < -0.39 is 7.82 Å². The first-order chi connectivity index (χ1) is 8.71. The molecule has 114 valence electrons. The first-order valence-corrected chi connectivity index (χ1v) is 8.27. The number of rotatable bonds is 4. The van der Waals surface area contributed by atoms with Crippen molar-refractivity contribution >= 4 is 7.82 Å². The van der Waals surface area contributed by atoms with Crippen molar-refractivity contribution in [2.24, 2.45) is 0 Å². The van der Waals surface area contributed by atoms with Gasteiger partial charge in [-0.05, 0) is 26.2 Å². The minimum absolute atomic E-state index is 0.602. The van der Waals surface area contributed by atoms with E-state index in [4.69, 9.17) is 19.2 Å². The van der Waals surface area contributed by atoms with Crippen LogP contribution in [0.3, 0.4) is 0 Å². The molecule has 6 nitrogen and oxygen atoms in total. The summed E-state index contributed by atoms with van der Waals surface area (Å²) in [5, 5.41) is 0. The molecule has 1 unspecified atom stereocenters. The Morgan fingerprint density at radius 1 is 1.05 bits per heavy atom. The fourth-order valence-corrected chi connectivity index (χ4v) is 2.69. The van der Waals surface area contributed by atoms with E-state index in [9.17, 15) is 0 Å². The Morgan fingerprint density at radius 3 is 1.74 bits per heavy atom. The summed E-state index contributed by atoms with van der Waals surface area (Å²) in [4.78, 5) is 26.6. The predicted octanol–water partition coefficient (Wildman–Crippen LogP) is 2.09. The van der Waals surface area contributed by atoms with Crippen molar-refractivity contribution in [3.05, 3.63) is 11.4 Å². The molecule has 0 saturated heterocycles. The van der Waals surface area contributed by atoms with Crippen LogP contribution in [0.15, 0.2) is 11.4 Å². The Balaban J connectivity index is 0.000000555. The lowest BCUT2D eigenvalue weighted by Gasteiger charge is -2.31. The van der Waals surface area contributed by atoms with Crippen LogP contribution < -0.4 is 0 Å². The molecule has 0 aromatic carbocycles. The second-order valence-corrected chi connectivity index (χ2v) is 5.43. The van der Waals surface area contributed by atoms with E-state index in [0.717, 1.165) is 19.4 Å². The molecule has 0 aromatic rings. The van der Waals surface area contributed by atoms with Gasteiger partial charge >= 0.3 is 7.82 Å². The molecule has 1 heterocycles. The van der Waals surface area contributed by atoms with Crippen LogP contribution >= 0.6 is 7.82 Å². The fourth-order valence-electron chi connectivity index (χ4n) is 2.69. The highest BCUT2D eigenvalue weighted by molar-refractivity contribution is 7.45. The Hall–Kier alpha value is -0.550. The maximum atomic E-state index is 8.88. The molecule has 1 atom stereocenters. The van der Waals surface area contributed by atoms with Crippen molar-refractivity contribution in [1.82, 2.24) is 9.80 Å². The van der Waals surface area contributed by atoms with E-state index in [1.165, 1.54) is 6.42 Å². The van der Waals surface area contributed by atoms with Gasteiger partial charge in [0.1, 0.15) is 6.17 Å². The third-order valence-corrected chi connectivity index (χ3v) is 3.29. The van der Waals surface area contributed by atoms with Gasteiger partial charge in [-0.15, -0.1) is 0 Å². The topological polar surface area (TPSA) is 84.2 Å². The largest absolute Gasteiger partial charge is 0.466 e. The van der Waals surface area contributed by atoms with Crippen molar-refractivity contribution < 1.29 is 19.2 Å². The van der Waals surface area contributed by atoms with Crippen molar-refractivity contribution in [3.8, 4) is 0 Å². The third kappa shape index (κ3) is 5.53. The van der Waals surface area contributed by atoms with E-state index in [-0.39, 0.29) is 0 Å². The van der Waals surface area contributed by atoms with Gasteiger partial charge in [0.05, 0.1) is 0 Å². The molecule has 0 bridgehead atoms. The lowest BCUT2D eigenvalue weighted by atomic mass is 10.2. The van der Waals surface area contributed by atoms with E-state index in [0.29, 0.717) is 6.17 Å². The summed E-state index contributed by atoms with van der Waals surface area (Å²) in [5.74, 6) is 0. The molecule has 1 rings (SSSR count). The summed E-state index contributed by atoms with van der Waals surface area (Å²) in [6.07, 6.45) is 4.13. The number of nitrogens with zero attached hydrogens (tertiary/aromatic N) is 2. The number of phosphoric acid groups is 1. The Bertz CT molecular complexity index is 345. The zero-order chi connectivity index (χ0) is 15.2. The van der Waals surface area contributed by atoms with Gasteiger partial charge in [-0.1, -0.05) is 20.8 Å². The van der Waals surface area contributed by atoms with Crippen molar-refractivity contribution in [2.45, 2.75) is 53.1 Å². The first-order valence-electron chi connectivity index (χ1n) is 6.70. The molecule has 1 aliphatic heterocycles. The molecule has 1 aliphatic rings. The summed E-state index contributed by atoms with van der Waals surface area (Å²) >= 11 is 0. The van der Waals surface area contributed by atoms with Crippen LogP contribution in [0.1, 0.15) is 47.0 Å². The van der Waals surface area contributed by atoms with E-state index in [1.807, 2.05) is 0 Å². The van der Waals surface area contributed by atoms with Crippen LogP contribution in [0.4, 0.5) is 0 Å². The molecule has 3 N–H and O–H groups in total. The smallest absolute Gasteiger partial charge is 0.356 e. The molecular formula is C12H27N2O4P. The van der Waals surface area contributed by atoms with Gasteiger partial charge in [-0.25, -0.2) is 4.57 Å². The van der Waals surface area contributed by atoms with Gasteiger partial charge in [0.25, 0.3) is 0 Å². The lowest BCUT2D eigenvalue weighted by Crippen LogP contribution is -2.37. The Labute approximate surface area is 116 Å². The molecule has 19 heavy (non-hydrogen) atoms. The second kappa shape index (κ2) is 7.90. The summed E-state index contributed by atoms with van der Waals surface area (Å²) in [6, 6.07) is 0. The Morgan fingerprint density at radius 2 is 1.47 bits per heavy atom. The molecule has 7 heteroatoms. The van der Waals surface area contributed by atoms with Gasteiger partial charge < -0.3 is 24.5 Å². The minimum Gasteiger partial charge on any atom is -0.356 e. The normalized spacial score (nSPS) is 19.7. The molecule has 0 saturated carbocycles. The van der Waals surface area contributed by atoms with Crippen LogP contribution in [0.25, 0.3) is 0 Å². The average molecular weight is 294 g/mol. The average Bonchev–Trinajstić information content (AvgIpc) is 2.57. The number of hydrogen-bond donors (Lipinski definition) is 3. The molecule has 0 aliphatic carbocycles. The van der Waals surface area contributed by atoms with Gasteiger partial charge in [0.15, 0.2) is 0 Å². The molecular weight excluding hydrogens is 267 g/mol. The zero-order valence-corrected chi connectivity index (χ0v) is 13.4. The highest BCUT2D eigenvalue weighted by atomic mass is 31.2. The van der Waals surface area contributed by atoms with Gasteiger partial charge in [0.2, 0.25) is 0 Å². The highest BCUT2D eigenvalue weighted by Gasteiger charge is 2.31. The van der Waals surface area contributed by atoms with Crippen LogP contribution in [0.5, 0.6) is 0 Å². The van der Waals surface area contributed by atoms with Crippen molar-refractivity contribution in [2.75, 3.05) is 13.6 Å². The van der Waals surface area contributed by atoms with Crippen LogP contribution in [0, 0.1) is 0 Å². The highest BCUT2D eigenvalue weighted by Crippen LogP contribution is 2.32. The monoisotopic (exact) mass is 294 g/mol. The molecule has 0 spiro atoms.